The van der Waals surface area contributed by atoms with Crippen LogP contribution < -0.4 is 5.32 Å². The Balaban J connectivity index is 2.42. The molecule has 0 aliphatic heterocycles. The third-order valence-corrected chi connectivity index (χ3v) is 3.01. The first kappa shape index (κ1) is 12.5. The van der Waals surface area contributed by atoms with Crippen LogP contribution in [-0.2, 0) is 0 Å². The van der Waals surface area contributed by atoms with Crippen molar-refractivity contribution in [2.45, 2.75) is 39.7 Å². The molecule has 0 radical (unpaired) electrons. The highest BCUT2D eigenvalue weighted by atomic mass is 32.1. The van der Waals surface area contributed by atoms with E-state index < -0.39 is 5.60 Å². The predicted molar refractivity (Wildman–Crippen MR) is 65.4 cm³/mol. The first-order chi connectivity index (χ1) is 6.89. The van der Waals surface area contributed by atoms with Crippen molar-refractivity contribution in [3.05, 3.63) is 11.1 Å². The maximum absolute atomic E-state index is 10.1. The Morgan fingerprint density at radius 1 is 1.60 bits per heavy atom. The van der Waals surface area contributed by atoms with Crippen LogP contribution in [0.15, 0.2) is 5.38 Å². The molecule has 0 aliphatic carbocycles. The summed E-state index contributed by atoms with van der Waals surface area (Å²) in [6.07, 6.45) is 0.796. The fourth-order valence-electron chi connectivity index (χ4n) is 1.65. The number of aromatic nitrogens is 1. The number of aliphatic hydroxyl groups is 1. The van der Waals surface area contributed by atoms with Crippen molar-refractivity contribution in [2.24, 2.45) is 5.92 Å². The minimum atomic E-state index is -0.659. The quantitative estimate of drug-likeness (QED) is 0.814. The van der Waals surface area contributed by atoms with Gasteiger partial charge in [0.2, 0.25) is 0 Å². The Kier molecular flexibility index (Phi) is 4.11. The van der Waals surface area contributed by atoms with E-state index in [1.165, 1.54) is 0 Å². The van der Waals surface area contributed by atoms with E-state index in [9.17, 15) is 5.11 Å². The van der Waals surface area contributed by atoms with Crippen LogP contribution in [0.4, 0.5) is 5.13 Å². The van der Waals surface area contributed by atoms with Crippen LogP contribution in [0.3, 0.4) is 0 Å². The van der Waals surface area contributed by atoms with Gasteiger partial charge in [0.1, 0.15) is 0 Å². The number of hydrogen-bond donors (Lipinski definition) is 2. The van der Waals surface area contributed by atoms with Gasteiger partial charge in [-0.2, -0.15) is 0 Å². The third kappa shape index (κ3) is 4.62. The summed E-state index contributed by atoms with van der Waals surface area (Å²) >= 11 is 1.58. The Bertz CT molecular complexity index is 307. The Hall–Kier alpha value is -0.610. The number of thiazole rings is 1. The molecule has 1 heterocycles. The number of nitrogens with zero attached hydrogens (tertiary/aromatic N) is 1. The van der Waals surface area contributed by atoms with E-state index >= 15 is 0 Å². The topological polar surface area (TPSA) is 45.1 Å². The molecule has 0 amide bonds. The molecule has 0 bridgehead atoms. The summed E-state index contributed by atoms with van der Waals surface area (Å²) < 4.78 is 0. The van der Waals surface area contributed by atoms with Crippen molar-refractivity contribution in [3.8, 4) is 0 Å². The molecule has 1 aromatic rings. The van der Waals surface area contributed by atoms with E-state index in [0.29, 0.717) is 12.5 Å². The normalized spacial score (nSPS) is 15.3. The molecule has 86 valence electrons. The number of nitrogens with one attached hydrogen (secondary N) is 1. The van der Waals surface area contributed by atoms with Gasteiger partial charge in [0.15, 0.2) is 5.13 Å². The Morgan fingerprint density at radius 2 is 2.27 bits per heavy atom. The summed E-state index contributed by atoms with van der Waals surface area (Å²) in [5.41, 5.74) is 0.360. The fraction of sp³-hybridized carbons (Fsp3) is 0.727. The molecule has 15 heavy (non-hydrogen) atoms. The summed E-state index contributed by atoms with van der Waals surface area (Å²) in [5.74, 6) is 0.500. The van der Waals surface area contributed by atoms with Gasteiger partial charge >= 0.3 is 0 Å². The largest absolute Gasteiger partial charge is 0.388 e. The monoisotopic (exact) mass is 228 g/mol. The molecule has 0 aromatic carbocycles. The second-order valence-corrected chi connectivity index (χ2v) is 5.60. The van der Waals surface area contributed by atoms with Crippen molar-refractivity contribution in [2.75, 3.05) is 11.9 Å². The highest BCUT2D eigenvalue weighted by Crippen LogP contribution is 2.19. The zero-order valence-corrected chi connectivity index (χ0v) is 10.7. The SMILES string of the molecule is Cc1csc(NCC(C)(O)CC(C)C)n1. The molecule has 0 aliphatic rings. The van der Waals surface area contributed by atoms with Crippen molar-refractivity contribution >= 4 is 16.5 Å². The Labute approximate surface area is 95.6 Å². The van der Waals surface area contributed by atoms with E-state index in [2.05, 4.69) is 24.1 Å². The second kappa shape index (κ2) is 4.94. The van der Waals surface area contributed by atoms with Crippen LogP contribution in [0.1, 0.15) is 32.9 Å². The lowest BCUT2D eigenvalue weighted by atomic mass is 9.94. The minimum Gasteiger partial charge on any atom is -0.388 e. The van der Waals surface area contributed by atoms with Gasteiger partial charge in [-0.3, -0.25) is 0 Å². The van der Waals surface area contributed by atoms with Crippen LogP contribution in [0, 0.1) is 12.8 Å². The molecule has 0 spiro atoms. The molecule has 0 saturated heterocycles. The summed E-state index contributed by atoms with van der Waals surface area (Å²) in [7, 11) is 0. The van der Waals surface area contributed by atoms with E-state index in [1.54, 1.807) is 11.3 Å². The minimum absolute atomic E-state index is 0.500. The average molecular weight is 228 g/mol. The molecule has 0 fully saturated rings. The first-order valence-electron chi connectivity index (χ1n) is 5.27. The summed E-state index contributed by atoms with van der Waals surface area (Å²) in [6, 6.07) is 0. The zero-order valence-electron chi connectivity index (χ0n) is 9.87. The second-order valence-electron chi connectivity index (χ2n) is 4.74. The zero-order chi connectivity index (χ0) is 11.5. The van der Waals surface area contributed by atoms with Gasteiger partial charge in [-0.05, 0) is 26.2 Å². The van der Waals surface area contributed by atoms with Crippen LogP contribution in [0.25, 0.3) is 0 Å². The summed E-state index contributed by atoms with van der Waals surface area (Å²) in [6.45, 7) is 8.61. The highest BCUT2D eigenvalue weighted by molar-refractivity contribution is 7.13. The lowest BCUT2D eigenvalue weighted by Crippen LogP contribution is -2.34. The van der Waals surface area contributed by atoms with Gasteiger partial charge in [-0.25, -0.2) is 4.98 Å². The summed E-state index contributed by atoms with van der Waals surface area (Å²) in [4.78, 5) is 4.29. The molecular formula is C11H20N2OS. The maximum Gasteiger partial charge on any atom is 0.182 e. The predicted octanol–water partition coefficient (Wildman–Crippen LogP) is 2.66. The van der Waals surface area contributed by atoms with Gasteiger partial charge in [0.05, 0.1) is 11.3 Å². The van der Waals surface area contributed by atoms with Gasteiger partial charge in [0, 0.05) is 11.9 Å². The lowest BCUT2D eigenvalue weighted by molar-refractivity contribution is 0.0515. The lowest BCUT2D eigenvalue weighted by Gasteiger charge is -2.25. The van der Waals surface area contributed by atoms with Gasteiger partial charge in [-0.1, -0.05) is 13.8 Å². The van der Waals surface area contributed by atoms with E-state index in [1.807, 2.05) is 19.2 Å². The number of anilines is 1. The van der Waals surface area contributed by atoms with Crippen LogP contribution in [-0.4, -0.2) is 22.2 Å². The average Bonchev–Trinajstić information content (AvgIpc) is 2.46. The van der Waals surface area contributed by atoms with Crippen molar-refractivity contribution in [3.63, 3.8) is 0 Å². The standard InChI is InChI=1S/C11H20N2OS/c1-8(2)5-11(4,14)7-12-10-13-9(3)6-15-10/h6,8,14H,5,7H2,1-4H3,(H,12,13). The van der Waals surface area contributed by atoms with Crippen molar-refractivity contribution in [1.29, 1.82) is 0 Å². The van der Waals surface area contributed by atoms with E-state index in [0.717, 1.165) is 17.2 Å². The first-order valence-corrected chi connectivity index (χ1v) is 6.15. The molecule has 4 heteroatoms. The molecule has 1 atom stereocenters. The summed E-state index contributed by atoms with van der Waals surface area (Å²) in [5, 5.41) is 16.1. The molecule has 1 unspecified atom stereocenters. The number of rotatable bonds is 5. The molecule has 2 N–H and O–H groups in total. The van der Waals surface area contributed by atoms with Gasteiger partial charge < -0.3 is 10.4 Å². The third-order valence-electron chi connectivity index (χ3n) is 2.09. The van der Waals surface area contributed by atoms with Crippen LogP contribution in [0.2, 0.25) is 0 Å². The number of hydrogen-bond acceptors (Lipinski definition) is 4. The maximum atomic E-state index is 10.1. The van der Waals surface area contributed by atoms with Crippen molar-refractivity contribution < 1.29 is 5.11 Å². The molecule has 1 rings (SSSR count). The van der Waals surface area contributed by atoms with E-state index in [-0.39, 0.29) is 0 Å². The van der Waals surface area contributed by atoms with Gasteiger partial charge in [-0.15, -0.1) is 11.3 Å². The van der Waals surface area contributed by atoms with E-state index in [4.69, 9.17) is 0 Å². The molecule has 3 nitrogen and oxygen atoms in total. The van der Waals surface area contributed by atoms with Crippen LogP contribution in [0.5, 0.6) is 0 Å². The molecular weight excluding hydrogens is 208 g/mol. The number of aryl methyl sites for hydroxylation is 1. The highest BCUT2D eigenvalue weighted by Gasteiger charge is 2.21. The fourth-order valence-corrected chi connectivity index (χ4v) is 2.34. The smallest absolute Gasteiger partial charge is 0.182 e. The van der Waals surface area contributed by atoms with Gasteiger partial charge in [0.25, 0.3) is 0 Å². The molecule has 0 saturated carbocycles. The van der Waals surface area contributed by atoms with Crippen LogP contribution >= 0.6 is 11.3 Å². The Morgan fingerprint density at radius 3 is 2.73 bits per heavy atom. The molecule has 1 aromatic heterocycles. The van der Waals surface area contributed by atoms with Crippen molar-refractivity contribution in [1.82, 2.24) is 4.98 Å².